The standard InChI is InChI=1S/C12H21N5O/c1-9-11(16-13)14-8-15-12(9)17(6-3-7-18)10-4-2-5-10/h8,10,18H,2-7,13H2,1H3,(H,14,15,16). The van der Waals surface area contributed by atoms with Gasteiger partial charge in [-0.2, -0.15) is 0 Å². The van der Waals surface area contributed by atoms with Crippen molar-refractivity contribution in [1.82, 2.24) is 9.97 Å². The summed E-state index contributed by atoms with van der Waals surface area (Å²) in [4.78, 5) is 10.8. The Balaban J connectivity index is 2.23. The third kappa shape index (κ3) is 2.54. The average Bonchev–Trinajstić information content (AvgIpc) is 2.32. The summed E-state index contributed by atoms with van der Waals surface area (Å²) >= 11 is 0. The lowest BCUT2D eigenvalue weighted by atomic mass is 9.91. The number of hydrogen-bond donors (Lipinski definition) is 3. The Hall–Kier alpha value is -1.40. The highest BCUT2D eigenvalue weighted by atomic mass is 16.3. The van der Waals surface area contributed by atoms with Gasteiger partial charge in [0, 0.05) is 24.8 Å². The van der Waals surface area contributed by atoms with E-state index in [0.717, 1.165) is 24.3 Å². The highest BCUT2D eigenvalue weighted by Crippen LogP contribution is 2.31. The fourth-order valence-electron chi connectivity index (χ4n) is 2.28. The summed E-state index contributed by atoms with van der Waals surface area (Å²) in [5, 5.41) is 9.01. The second-order valence-electron chi connectivity index (χ2n) is 4.67. The van der Waals surface area contributed by atoms with E-state index < -0.39 is 0 Å². The number of nitrogens with two attached hydrogens (primary N) is 1. The molecule has 1 aliphatic carbocycles. The first kappa shape index (κ1) is 13.0. The van der Waals surface area contributed by atoms with E-state index in [1.165, 1.54) is 25.6 Å². The van der Waals surface area contributed by atoms with Gasteiger partial charge in [0.15, 0.2) is 0 Å². The quantitative estimate of drug-likeness (QED) is 0.512. The predicted molar refractivity (Wildman–Crippen MR) is 71.3 cm³/mol. The summed E-state index contributed by atoms with van der Waals surface area (Å²) in [6.07, 6.45) is 5.94. The molecule has 0 saturated heterocycles. The summed E-state index contributed by atoms with van der Waals surface area (Å²) < 4.78 is 0. The van der Waals surface area contributed by atoms with Crippen LogP contribution in [0.25, 0.3) is 0 Å². The van der Waals surface area contributed by atoms with Gasteiger partial charge < -0.3 is 15.4 Å². The highest BCUT2D eigenvalue weighted by molar-refractivity contribution is 5.58. The SMILES string of the molecule is Cc1c(NN)ncnc1N(CCCO)C1CCC1. The van der Waals surface area contributed by atoms with E-state index in [2.05, 4.69) is 20.3 Å². The normalized spacial score (nSPS) is 15.3. The van der Waals surface area contributed by atoms with Crippen LogP contribution in [0.5, 0.6) is 0 Å². The number of nitrogens with zero attached hydrogens (tertiary/aromatic N) is 3. The van der Waals surface area contributed by atoms with Gasteiger partial charge in [-0.25, -0.2) is 15.8 Å². The Morgan fingerprint density at radius 2 is 2.28 bits per heavy atom. The smallest absolute Gasteiger partial charge is 0.148 e. The molecule has 0 spiro atoms. The fraction of sp³-hybridized carbons (Fsp3) is 0.667. The number of rotatable bonds is 6. The third-order valence-corrected chi connectivity index (χ3v) is 3.54. The Morgan fingerprint density at radius 3 is 2.83 bits per heavy atom. The Labute approximate surface area is 107 Å². The van der Waals surface area contributed by atoms with Crippen molar-refractivity contribution in [3.63, 3.8) is 0 Å². The largest absolute Gasteiger partial charge is 0.396 e. The van der Waals surface area contributed by atoms with E-state index in [9.17, 15) is 0 Å². The molecule has 18 heavy (non-hydrogen) atoms. The fourth-order valence-corrected chi connectivity index (χ4v) is 2.28. The molecule has 1 aromatic heterocycles. The summed E-state index contributed by atoms with van der Waals surface area (Å²) in [5.74, 6) is 7.03. The molecule has 1 heterocycles. The van der Waals surface area contributed by atoms with Gasteiger partial charge in [-0.1, -0.05) is 0 Å². The molecule has 6 nitrogen and oxygen atoms in total. The molecular formula is C12H21N5O. The van der Waals surface area contributed by atoms with Crippen LogP contribution in [-0.4, -0.2) is 34.3 Å². The van der Waals surface area contributed by atoms with Gasteiger partial charge in [-0.15, -0.1) is 0 Å². The van der Waals surface area contributed by atoms with Crippen molar-refractivity contribution in [3.8, 4) is 0 Å². The number of hydrazine groups is 1. The van der Waals surface area contributed by atoms with E-state index in [1.807, 2.05) is 6.92 Å². The Bertz CT molecular complexity index is 394. The second-order valence-corrected chi connectivity index (χ2v) is 4.67. The molecule has 1 saturated carbocycles. The first-order valence-electron chi connectivity index (χ1n) is 6.43. The van der Waals surface area contributed by atoms with Gasteiger partial charge in [-0.3, -0.25) is 0 Å². The van der Waals surface area contributed by atoms with Gasteiger partial charge >= 0.3 is 0 Å². The zero-order chi connectivity index (χ0) is 13.0. The molecule has 0 bridgehead atoms. The number of hydrogen-bond acceptors (Lipinski definition) is 6. The van der Waals surface area contributed by atoms with E-state index in [4.69, 9.17) is 10.9 Å². The van der Waals surface area contributed by atoms with Crippen molar-refractivity contribution >= 4 is 11.6 Å². The number of aromatic nitrogens is 2. The maximum absolute atomic E-state index is 9.01. The number of aliphatic hydroxyl groups excluding tert-OH is 1. The van der Waals surface area contributed by atoms with Gasteiger partial charge in [0.05, 0.1) is 0 Å². The number of nitrogens with one attached hydrogen (secondary N) is 1. The lowest BCUT2D eigenvalue weighted by Gasteiger charge is -2.39. The maximum Gasteiger partial charge on any atom is 0.148 e. The van der Waals surface area contributed by atoms with Crippen LogP contribution in [0.2, 0.25) is 0 Å². The molecule has 0 aliphatic heterocycles. The maximum atomic E-state index is 9.01. The highest BCUT2D eigenvalue weighted by Gasteiger charge is 2.27. The van der Waals surface area contributed by atoms with Crippen molar-refractivity contribution in [1.29, 1.82) is 0 Å². The minimum atomic E-state index is 0.204. The summed E-state index contributed by atoms with van der Waals surface area (Å²) in [6.45, 7) is 2.99. The second kappa shape index (κ2) is 5.97. The van der Waals surface area contributed by atoms with E-state index >= 15 is 0 Å². The lowest BCUT2D eigenvalue weighted by Crippen LogP contribution is -2.42. The zero-order valence-corrected chi connectivity index (χ0v) is 10.8. The van der Waals surface area contributed by atoms with Crippen LogP contribution in [0, 0.1) is 6.92 Å². The molecule has 0 atom stereocenters. The molecule has 1 fully saturated rings. The topological polar surface area (TPSA) is 87.3 Å². The van der Waals surface area contributed by atoms with Crippen LogP contribution in [0.4, 0.5) is 11.6 Å². The predicted octanol–water partition coefficient (Wildman–Crippen LogP) is 0.812. The number of nitrogen functional groups attached to an aromatic ring is 1. The molecule has 0 amide bonds. The third-order valence-electron chi connectivity index (χ3n) is 3.54. The van der Waals surface area contributed by atoms with Crippen LogP contribution in [0.3, 0.4) is 0 Å². The van der Waals surface area contributed by atoms with E-state index in [-0.39, 0.29) is 6.61 Å². The van der Waals surface area contributed by atoms with Crippen molar-refractivity contribution < 1.29 is 5.11 Å². The molecule has 6 heteroatoms. The molecule has 2 rings (SSSR count). The van der Waals surface area contributed by atoms with Crippen molar-refractivity contribution in [3.05, 3.63) is 11.9 Å². The van der Waals surface area contributed by atoms with E-state index in [0.29, 0.717) is 11.9 Å². The van der Waals surface area contributed by atoms with Gasteiger partial charge in [0.2, 0.25) is 0 Å². The van der Waals surface area contributed by atoms with Crippen LogP contribution in [0.15, 0.2) is 6.33 Å². The molecule has 1 aliphatic rings. The van der Waals surface area contributed by atoms with Crippen LogP contribution in [0.1, 0.15) is 31.2 Å². The van der Waals surface area contributed by atoms with Crippen LogP contribution in [-0.2, 0) is 0 Å². The molecule has 4 N–H and O–H groups in total. The first-order chi connectivity index (χ1) is 8.77. The minimum absolute atomic E-state index is 0.204. The average molecular weight is 251 g/mol. The molecular weight excluding hydrogens is 230 g/mol. The summed E-state index contributed by atoms with van der Waals surface area (Å²) in [5.41, 5.74) is 3.56. The van der Waals surface area contributed by atoms with Crippen molar-refractivity contribution in [2.24, 2.45) is 5.84 Å². The molecule has 1 aromatic rings. The molecule has 100 valence electrons. The zero-order valence-electron chi connectivity index (χ0n) is 10.8. The monoisotopic (exact) mass is 251 g/mol. The first-order valence-corrected chi connectivity index (χ1v) is 6.43. The lowest BCUT2D eigenvalue weighted by molar-refractivity contribution is 0.282. The van der Waals surface area contributed by atoms with Crippen LogP contribution < -0.4 is 16.2 Å². The summed E-state index contributed by atoms with van der Waals surface area (Å²) in [7, 11) is 0. The molecule has 0 radical (unpaired) electrons. The number of anilines is 2. The Kier molecular flexibility index (Phi) is 4.33. The van der Waals surface area contributed by atoms with Gasteiger partial charge in [-0.05, 0) is 32.6 Å². The van der Waals surface area contributed by atoms with Gasteiger partial charge in [0.25, 0.3) is 0 Å². The Morgan fingerprint density at radius 1 is 1.50 bits per heavy atom. The van der Waals surface area contributed by atoms with Gasteiger partial charge in [0.1, 0.15) is 18.0 Å². The molecule has 0 aromatic carbocycles. The number of aliphatic hydroxyl groups is 1. The molecule has 0 unspecified atom stereocenters. The van der Waals surface area contributed by atoms with Crippen LogP contribution >= 0.6 is 0 Å². The minimum Gasteiger partial charge on any atom is -0.396 e. The van der Waals surface area contributed by atoms with Crippen molar-refractivity contribution in [2.45, 2.75) is 38.6 Å². The van der Waals surface area contributed by atoms with E-state index in [1.54, 1.807) is 0 Å². The summed E-state index contributed by atoms with van der Waals surface area (Å²) in [6, 6.07) is 0.538. The van der Waals surface area contributed by atoms with Crippen molar-refractivity contribution in [2.75, 3.05) is 23.5 Å².